The number of nitrogens with one attached hydrogen (secondary N) is 2. The molecule has 0 saturated heterocycles. The van der Waals surface area contributed by atoms with Gasteiger partial charge in [0.25, 0.3) is 0 Å². The van der Waals surface area contributed by atoms with E-state index in [1.807, 2.05) is 6.07 Å². The molecule has 0 fully saturated rings. The maximum absolute atomic E-state index is 9.25. The molecule has 0 radical (unpaired) electrons. The molecule has 0 bridgehead atoms. The van der Waals surface area contributed by atoms with Gasteiger partial charge in [-0.15, -0.1) is 0 Å². The molecule has 18 heavy (non-hydrogen) atoms. The molecule has 1 atom stereocenters. The summed E-state index contributed by atoms with van der Waals surface area (Å²) in [7, 11) is 1.61. The number of aromatic nitrogens is 2. The Morgan fingerprint density at radius 1 is 1.33 bits per heavy atom. The van der Waals surface area contributed by atoms with E-state index < -0.39 is 6.10 Å². The molecule has 6 heteroatoms. The number of methoxy groups -OCH3 is 1. The van der Waals surface area contributed by atoms with Crippen LogP contribution < -0.4 is 10.6 Å². The molecule has 0 spiro atoms. The summed E-state index contributed by atoms with van der Waals surface area (Å²) in [5, 5.41) is 15.5. The van der Waals surface area contributed by atoms with Gasteiger partial charge in [0.2, 0.25) is 0 Å². The van der Waals surface area contributed by atoms with Crippen molar-refractivity contribution in [3.05, 3.63) is 11.9 Å². The Kier molecular flexibility index (Phi) is 6.38. The van der Waals surface area contributed by atoms with Crippen molar-refractivity contribution in [2.75, 3.05) is 30.8 Å². The van der Waals surface area contributed by atoms with Crippen molar-refractivity contribution in [2.24, 2.45) is 0 Å². The summed E-state index contributed by atoms with van der Waals surface area (Å²) >= 11 is 0. The third kappa shape index (κ3) is 5.29. The Labute approximate surface area is 108 Å². The first-order valence-electron chi connectivity index (χ1n) is 6.18. The SMILES string of the molecule is CCCNc1cc(NCC(C)O)nc(COC)n1. The van der Waals surface area contributed by atoms with Gasteiger partial charge in [-0.3, -0.25) is 0 Å². The summed E-state index contributed by atoms with van der Waals surface area (Å²) in [6.45, 7) is 5.50. The average Bonchev–Trinajstić information content (AvgIpc) is 2.34. The first-order valence-corrected chi connectivity index (χ1v) is 6.18. The standard InChI is InChI=1S/C12H22N4O2/c1-4-5-13-10-6-11(14-7-9(2)17)16-12(15-10)8-18-3/h6,9,17H,4-5,7-8H2,1-3H3,(H2,13,14,15,16). The first-order chi connectivity index (χ1) is 8.65. The second-order valence-electron chi connectivity index (χ2n) is 4.14. The van der Waals surface area contributed by atoms with Crippen LogP contribution in [-0.4, -0.2) is 41.4 Å². The monoisotopic (exact) mass is 254 g/mol. The lowest BCUT2D eigenvalue weighted by atomic mass is 10.4. The van der Waals surface area contributed by atoms with Crippen molar-refractivity contribution in [3.8, 4) is 0 Å². The summed E-state index contributed by atoms with van der Waals surface area (Å²) in [5.41, 5.74) is 0. The Bertz CT molecular complexity index is 358. The number of nitrogens with zero attached hydrogens (tertiary/aromatic N) is 2. The van der Waals surface area contributed by atoms with Gasteiger partial charge in [0.1, 0.15) is 18.2 Å². The molecule has 1 heterocycles. The minimum Gasteiger partial charge on any atom is -0.392 e. The predicted molar refractivity (Wildman–Crippen MR) is 71.7 cm³/mol. The second-order valence-corrected chi connectivity index (χ2v) is 4.14. The van der Waals surface area contributed by atoms with Crippen LogP contribution in [0.4, 0.5) is 11.6 Å². The molecule has 6 nitrogen and oxygen atoms in total. The van der Waals surface area contributed by atoms with E-state index in [2.05, 4.69) is 27.5 Å². The number of anilines is 2. The second kappa shape index (κ2) is 7.84. The van der Waals surface area contributed by atoms with Crippen molar-refractivity contribution in [2.45, 2.75) is 33.0 Å². The van der Waals surface area contributed by atoms with E-state index in [0.29, 0.717) is 24.8 Å². The third-order valence-electron chi connectivity index (χ3n) is 2.18. The topological polar surface area (TPSA) is 79.3 Å². The van der Waals surface area contributed by atoms with E-state index in [-0.39, 0.29) is 0 Å². The maximum Gasteiger partial charge on any atom is 0.158 e. The fourth-order valence-electron chi connectivity index (χ4n) is 1.38. The molecule has 0 aliphatic carbocycles. The average molecular weight is 254 g/mol. The zero-order valence-corrected chi connectivity index (χ0v) is 11.2. The van der Waals surface area contributed by atoms with E-state index in [1.165, 1.54) is 0 Å². The van der Waals surface area contributed by atoms with Crippen LogP contribution in [0.1, 0.15) is 26.1 Å². The molecule has 0 aliphatic heterocycles. The quantitative estimate of drug-likeness (QED) is 0.647. The largest absolute Gasteiger partial charge is 0.392 e. The van der Waals surface area contributed by atoms with E-state index in [0.717, 1.165) is 18.8 Å². The van der Waals surface area contributed by atoms with Crippen LogP contribution in [0.25, 0.3) is 0 Å². The van der Waals surface area contributed by atoms with Crippen molar-refractivity contribution < 1.29 is 9.84 Å². The lowest BCUT2D eigenvalue weighted by Gasteiger charge is -2.11. The van der Waals surface area contributed by atoms with Crippen LogP contribution in [0.3, 0.4) is 0 Å². The fraction of sp³-hybridized carbons (Fsp3) is 0.667. The van der Waals surface area contributed by atoms with Gasteiger partial charge >= 0.3 is 0 Å². The van der Waals surface area contributed by atoms with Gasteiger partial charge in [-0.1, -0.05) is 6.92 Å². The normalized spacial score (nSPS) is 12.2. The van der Waals surface area contributed by atoms with Gasteiger partial charge in [-0.2, -0.15) is 0 Å². The highest BCUT2D eigenvalue weighted by atomic mass is 16.5. The lowest BCUT2D eigenvalue weighted by molar-refractivity contribution is 0.178. The molecule has 0 aliphatic rings. The highest BCUT2D eigenvalue weighted by molar-refractivity contribution is 5.47. The number of aliphatic hydroxyl groups excluding tert-OH is 1. The van der Waals surface area contributed by atoms with Crippen LogP contribution in [-0.2, 0) is 11.3 Å². The molecule has 1 aromatic heterocycles. The fourth-order valence-corrected chi connectivity index (χ4v) is 1.38. The molecule has 0 saturated carbocycles. The highest BCUT2D eigenvalue weighted by Crippen LogP contribution is 2.12. The van der Waals surface area contributed by atoms with Crippen LogP contribution >= 0.6 is 0 Å². The van der Waals surface area contributed by atoms with Gasteiger partial charge in [0, 0.05) is 26.3 Å². The number of ether oxygens (including phenoxy) is 1. The minimum atomic E-state index is -0.419. The number of aliphatic hydroxyl groups is 1. The van der Waals surface area contributed by atoms with Crippen LogP contribution in [0.15, 0.2) is 6.07 Å². The van der Waals surface area contributed by atoms with Gasteiger partial charge in [0.15, 0.2) is 5.82 Å². The maximum atomic E-state index is 9.25. The number of rotatable bonds is 8. The van der Waals surface area contributed by atoms with Gasteiger partial charge in [0.05, 0.1) is 6.10 Å². The minimum absolute atomic E-state index is 0.366. The van der Waals surface area contributed by atoms with Gasteiger partial charge in [-0.05, 0) is 13.3 Å². The zero-order chi connectivity index (χ0) is 13.4. The van der Waals surface area contributed by atoms with Gasteiger partial charge in [-0.25, -0.2) is 9.97 Å². The summed E-state index contributed by atoms with van der Waals surface area (Å²) in [6.07, 6.45) is 0.609. The molecule has 0 aromatic carbocycles. The summed E-state index contributed by atoms with van der Waals surface area (Å²) in [4.78, 5) is 8.64. The molecular formula is C12H22N4O2. The molecule has 1 rings (SSSR count). The first kappa shape index (κ1) is 14.7. The molecule has 0 amide bonds. The predicted octanol–water partition coefficient (Wildman–Crippen LogP) is 1.24. The Morgan fingerprint density at radius 2 is 2.00 bits per heavy atom. The van der Waals surface area contributed by atoms with Crippen molar-refractivity contribution in [1.82, 2.24) is 9.97 Å². The number of hydrogen-bond acceptors (Lipinski definition) is 6. The third-order valence-corrected chi connectivity index (χ3v) is 2.18. The number of hydrogen-bond donors (Lipinski definition) is 3. The van der Waals surface area contributed by atoms with Crippen LogP contribution in [0.2, 0.25) is 0 Å². The lowest BCUT2D eigenvalue weighted by Crippen LogP contribution is -2.17. The zero-order valence-electron chi connectivity index (χ0n) is 11.2. The summed E-state index contributed by atoms with van der Waals surface area (Å²) < 4.78 is 5.04. The van der Waals surface area contributed by atoms with Crippen LogP contribution in [0.5, 0.6) is 0 Å². The van der Waals surface area contributed by atoms with E-state index >= 15 is 0 Å². The van der Waals surface area contributed by atoms with Crippen molar-refractivity contribution in [3.63, 3.8) is 0 Å². The summed E-state index contributed by atoms with van der Waals surface area (Å²) in [6, 6.07) is 1.83. The van der Waals surface area contributed by atoms with Crippen molar-refractivity contribution in [1.29, 1.82) is 0 Å². The molecule has 1 aromatic rings. The van der Waals surface area contributed by atoms with E-state index in [4.69, 9.17) is 4.74 Å². The Hall–Kier alpha value is -1.40. The van der Waals surface area contributed by atoms with E-state index in [1.54, 1.807) is 14.0 Å². The summed E-state index contributed by atoms with van der Waals surface area (Å²) in [5.74, 6) is 2.08. The van der Waals surface area contributed by atoms with Crippen LogP contribution in [0, 0.1) is 0 Å². The van der Waals surface area contributed by atoms with E-state index in [9.17, 15) is 5.11 Å². The highest BCUT2D eigenvalue weighted by Gasteiger charge is 2.05. The van der Waals surface area contributed by atoms with Crippen molar-refractivity contribution >= 4 is 11.6 Å². The Morgan fingerprint density at radius 3 is 2.56 bits per heavy atom. The molecule has 1 unspecified atom stereocenters. The molecular weight excluding hydrogens is 232 g/mol. The van der Waals surface area contributed by atoms with Gasteiger partial charge < -0.3 is 20.5 Å². The Balaban J connectivity index is 2.76. The smallest absolute Gasteiger partial charge is 0.158 e. The molecule has 102 valence electrons. The molecule has 3 N–H and O–H groups in total.